The second kappa shape index (κ2) is 7.64. The number of hydrogen-bond acceptors (Lipinski definition) is 4. The van der Waals surface area contributed by atoms with Crippen molar-refractivity contribution < 1.29 is 4.79 Å². The fraction of sp³-hybridized carbons (Fsp3) is 0.667. The number of urea groups is 1. The topological polar surface area (TPSA) is 57.3 Å². The molecule has 1 unspecified atom stereocenters. The number of thioether (sulfide) groups is 1. The second-order valence-electron chi connectivity index (χ2n) is 7.18. The van der Waals surface area contributed by atoms with Crippen LogP contribution in [-0.4, -0.2) is 47.2 Å². The van der Waals surface area contributed by atoms with E-state index in [2.05, 4.69) is 46.5 Å². The zero-order valence-electron chi connectivity index (χ0n) is 14.7. The van der Waals surface area contributed by atoms with E-state index >= 15 is 0 Å². The van der Waals surface area contributed by atoms with E-state index in [4.69, 9.17) is 0 Å². The third-order valence-corrected chi connectivity index (χ3v) is 6.51. The van der Waals surface area contributed by atoms with Crippen LogP contribution >= 0.6 is 11.8 Å². The SMILES string of the molecule is Cc1ccc(N2CCC(NC(=O)NCC3(C)CCCS3)CC2)nc1. The first kappa shape index (κ1) is 17.4. The van der Waals surface area contributed by atoms with Crippen LogP contribution in [-0.2, 0) is 0 Å². The summed E-state index contributed by atoms with van der Waals surface area (Å²) in [6.45, 7) is 6.94. The van der Waals surface area contributed by atoms with E-state index in [0.717, 1.165) is 38.3 Å². The molecule has 3 heterocycles. The maximum absolute atomic E-state index is 12.1. The first-order valence-electron chi connectivity index (χ1n) is 8.90. The van der Waals surface area contributed by atoms with Crippen molar-refractivity contribution >= 4 is 23.6 Å². The number of pyridine rings is 1. The first-order chi connectivity index (χ1) is 11.5. The summed E-state index contributed by atoms with van der Waals surface area (Å²) in [5.41, 5.74) is 1.18. The van der Waals surface area contributed by atoms with Crippen LogP contribution in [0.3, 0.4) is 0 Å². The third-order valence-electron chi connectivity index (χ3n) is 4.97. The summed E-state index contributed by atoms with van der Waals surface area (Å²) in [5.74, 6) is 2.25. The van der Waals surface area contributed by atoms with Crippen molar-refractivity contribution in [1.29, 1.82) is 0 Å². The van der Waals surface area contributed by atoms with Crippen molar-refractivity contribution in [3.05, 3.63) is 23.9 Å². The zero-order valence-corrected chi connectivity index (χ0v) is 15.5. The van der Waals surface area contributed by atoms with Gasteiger partial charge in [-0.05, 0) is 56.9 Å². The monoisotopic (exact) mass is 348 g/mol. The number of aromatic nitrogens is 1. The summed E-state index contributed by atoms with van der Waals surface area (Å²) in [6.07, 6.45) is 6.30. The van der Waals surface area contributed by atoms with Crippen LogP contribution in [0.5, 0.6) is 0 Å². The predicted molar refractivity (Wildman–Crippen MR) is 101 cm³/mol. The van der Waals surface area contributed by atoms with Crippen molar-refractivity contribution in [2.75, 3.05) is 30.3 Å². The lowest BCUT2D eigenvalue weighted by Crippen LogP contribution is -2.50. The van der Waals surface area contributed by atoms with Crippen molar-refractivity contribution in [1.82, 2.24) is 15.6 Å². The minimum Gasteiger partial charge on any atom is -0.356 e. The van der Waals surface area contributed by atoms with Crippen LogP contribution in [0.2, 0.25) is 0 Å². The highest BCUT2D eigenvalue weighted by molar-refractivity contribution is 8.00. The van der Waals surface area contributed by atoms with Crippen LogP contribution < -0.4 is 15.5 Å². The molecule has 0 aliphatic carbocycles. The fourth-order valence-electron chi connectivity index (χ4n) is 3.38. The molecule has 0 bridgehead atoms. The molecule has 0 aromatic carbocycles. The fourth-order valence-corrected chi connectivity index (χ4v) is 4.62. The van der Waals surface area contributed by atoms with Crippen LogP contribution in [0.25, 0.3) is 0 Å². The van der Waals surface area contributed by atoms with Crippen LogP contribution in [0, 0.1) is 6.92 Å². The molecule has 0 saturated carbocycles. The molecule has 0 radical (unpaired) electrons. The summed E-state index contributed by atoms with van der Waals surface area (Å²) in [7, 11) is 0. The number of carbonyl (C=O) groups excluding carboxylic acids is 1. The zero-order chi connectivity index (χ0) is 17.0. The molecule has 2 saturated heterocycles. The van der Waals surface area contributed by atoms with Gasteiger partial charge in [0.05, 0.1) is 0 Å². The molecule has 5 nitrogen and oxygen atoms in total. The van der Waals surface area contributed by atoms with Gasteiger partial charge in [0, 0.05) is 36.6 Å². The van der Waals surface area contributed by atoms with Gasteiger partial charge in [-0.2, -0.15) is 11.8 Å². The highest BCUT2D eigenvalue weighted by Crippen LogP contribution is 2.36. The van der Waals surface area contributed by atoms with Gasteiger partial charge in [-0.15, -0.1) is 0 Å². The van der Waals surface area contributed by atoms with Gasteiger partial charge in [-0.1, -0.05) is 6.07 Å². The Hall–Kier alpha value is -1.43. The lowest BCUT2D eigenvalue weighted by atomic mass is 10.0. The normalized spacial score (nSPS) is 24.8. The molecule has 1 atom stereocenters. The molecule has 2 aliphatic rings. The number of nitrogens with zero attached hydrogens (tertiary/aromatic N) is 2. The Kier molecular flexibility index (Phi) is 5.54. The van der Waals surface area contributed by atoms with E-state index in [9.17, 15) is 4.79 Å². The largest absolute Gasteiger partial charge is 0.356 e. The molecule has 6 heteroatoms. The van der Waals surface area contributed by atoms with E-state index in [1.54, 1.807) is 0 Å². The summed E-state index contributed by atoms with van der Waals surface area (Å²) in [4.78, 5) is 18.9. The molecule has 3 rings (SSSR count). The first-order valence-corrected chi connectivity index (χ1v) is 9.89. The molecule has 2 fully saturated rings. The Labute approximate surface area is 149 Å². The van der Waals surface area contributed by atoms with E-state index in [1.165, 1.54) is 24.2 Å². The molecular formula is C18H28N4OS. The summed E-state index contributed by atoms with van der Waals surface area (Å²) in [5, 5.41) is 6.20. The Bertz CT molecular complexity index is 549. The van der Waals surface area contributed by atoms with Crippen molar-refractivity contribution in [3.63, 3.8) is 0 Å². The molecule has 2 aliphatic heterocycles. The smallest absolute Gasteiger partial charge is 0.315 e. The molecule has 132 valence electrons. The maximum atomic E-state index is 12.1. The van der Waals surface area contributed by atoms with E-state index in [1.807, 2.05) is 18.0 Å². The number of hydrogen-bond donors (Lipinski definition) is 2. The Balaban J connectivity index is 1.40. The van der Waals surface area contributed by atoms with E-state index in [-0.39, 0.29) is 16.8 Å². The third kappa shape index (κ3) is 4.56. The van der Waals surface area contributed by atoms with Crippen LogP contribution in [0.4, 0.5) is 10.6 Å². The van der Waals surface area contributed by atoms with Crippen LogP contribution in [0.1, 0.15) is 38.2 Å². The molecule has 0 spiro atoms. The van der Waals surface area contributed by atoms with Gasteiger partial charge in [0.15, 0.2) is 0 Å². The number of rotatable bonds is 4. The highest BCUT2D eigenvalue weighted by atomic mass is 32.2. The minimum atomic E-state index is -0.0179. The van der Waals surface area contributed by atoms with E-state index < -0.39 is 0 Å². The predicted octanol–water partition coefficient (Wildman–Crippen LogP) is 2.94. The number of piperidine rings is 1. The van der Waals surface area contributed by atoms with Crippen molar-refractivity contribution in [3.8, 4) is 0 Å². The van der Waals surface area contributed by atoms with Crippen LogP contribution in [0.15, 0.2) is 18.3 Å². The summed E-state index contributed by atoms with van der Waals surface area (Å²) in [6, 6.07) is 4.42. The molecule has 1 aromatic heterocycles. The average Bonchev–Trinajstić information content (AvgIpc) is 3.02. The average molecular weight is 349 g/mol. The van der Waals surface area contributed by atoms with Gasteiger partial charge < -0.3 is 15.5 Å². The van der Waals surface area contributed by atoms with Gasteiger partial charge in [-0.25, -0.2) is 9.78 Å². The van der Waals surface area contributed by atoms with Crippen molar-refractivity contribution in [2.45, 2.75) is 50.3 Å². The number of aryl methyl sites for hydroxylation is 1. The standard InChI is InChI=1S/C18H28N4OS/c1-14-4-5-16(19-12-14)22-9-6-15(7-10-22)21-17(23)20-13-18(2)8-3-11-24-18/h4-5,12,15H,3,6-11,13H2,1-2H3,(H2,20,21,23). The number of anilines is 1. The van der Waals surface area contributed by atoms with E-state index in [0.29, 0.717) is 0 Å². The number of nitrogens with one attached hydrogen (secondary N) is 2. The lowest BCUT2D eigenvalue weighted by Gasteiger charge is -2.33. The van der Waals surface area contributed by atoms with Gasteiger partial charge in [-0.3, -0.25) is 0 Å². The summed E-state index contributed by atoms with van der Waals surface area (Å²) < 4.78 is 0.220. The Morgan fingerprint density at radius 2 is 2.21 bits per heavy atom. The molecule has 1 aromatic rings. The quantitative estimate of drug-likeness (QED) is 0.878. The lowest BCUT2D eigenvalue weighted by molar-refractivity contribution is 0.233. The number of amides is 2. The van der Waals surface area contributed by atoms with Gasteiger partial charge >= 0.3 is 6.03 Å². The Morgan fingerprint density at radius 3 is 2.83 bits per heavy atom. The van der Waals surface area contributed by atoms with Gasteiger partial charge in [0.25, 0.3) is 0 Å². The number of carbonyl (C=O) groups is 1. The molecule has 2 amide bonds. The second-order valence-corrected chi connectivity index (χ2v) is 8.87. The van der Waals surface area contributed by atoms with Crippen molar-refractivity contribution in [2.24, 2.45) is 0 Å². The Morgan fingerprint density at radius 1 is 1.42 bits per heavy atom. The maximum Gasteiger partial charge on any atom is 0.315 e. The summed E-state index contributed by atoms with van der Waals surface area (Å²) >= 11 is 1.98. The molecular weight excluding hydrogens is 320 g/mol. The molecule has 2 N–H and O–H groups in total. The van der Waals surface area contributed by atoms with Gasteiger partial charge in [0.2, 0.25) is 0 Å². The minimum absolute atomic E-state index is 0.0179. The molecule has 24 heavy (non-hydrogen) atoms. The highest BCUT2D eigenvalue weighted by Gasteiger charge is 2.30. The van der Waals surface area contributed by atoms with Gasteiger partial charge in [0.1, 0.15) is 5.82 Å².